The van der Waals surface area contributed by atoms with Crippen LogP contribution >= 0.6 is 0 Å². The molecule has 0 heterocycles. The molecule has 0 aliphatic carbocycles. The van der Waals surface area contributed by atoms with Gasteiger partial charge in [-0.05, 0) is 26.7 Å². The van der Waals surface area contributed by atoms with Gasteiger partial charge < -0.3 is 5.32 Å². The largest absolute Gasteiger partial charge is 0.310 e. The molecule has 2 unspecified atom stereocenters. The van der Waals surface area contributed by atoms with Gasteiger partial charge in [0.15, 0.2) is 0 Å². The second kappa shape index (κ2) is 8.45. The number of nitrogens with two attached hydrogens (primary N) is 1. The lowest BCUT2D eigenvalue weighted by molar-refractivity contribution is 0.119. The van der Waals surface area contributed by atoms with E-state index >= 15 is 0 Å². The molecular formula is C14H29N3. The van der Waals surface area contributed by atoms with Gasteiger partial charge >= 0.3 is 0 Å². The average molecular weight is 239 g/mol. The number of hydrazine groups is 1. The summed E-state index contributed by atoms with van der Waals surface area (Å²) in [6, 6.07) is 1.33. The van der Waals surface area contributed by atoms with Crippen molar-refractivity contribution in [3.8, 4) is 0 Å². The second-order valence-corrected chi connectivity index (χ2v) is 5.08. The molecule has 17 heavy (non-hydrogen) atoms. The Morgan fingerprint density at radius 3 is 2.00 bits per heavy atom. The third kappa shape index (κ3) is 6.01. The normalized spacial score (nSPS) is 15.3. The Balaban J connectivity index is 4.79. The van der Waals surface area contributed by atoms with Gasteiger partial charge in [-0.2, -0.15) is 0 Å². The Morgan fingerprint density at radius 2 is 1.65 bits per heavy atom. The molecule has 0 radical (unpaired) electrons. The topological polar surface area (TPSA) is 41.3 Å². The van der Waals surface area contributed by atoms with Crippen molar-refractivity contribution in [2.45, 2.75) is 64.7 Å². The fourth-order valence-electron chi connectivity index (χ4n) is 1.99. The molecule has 0 aliphatic rings. The zero-order chi connectivity index (χ0) is 13.4. The molecule has 0 aliphatic heterocycles. The van der Waals surface area contributed by atoms with Crippen LogP contribution in [0.1, 0.15) is 40.5 Å². The van der Waals surface area contributed by atoms with Gasteiger partial charge in [-0.3, -0.25) is 5.84 Å². The standard InChI is InChI=1S/C14H29N3/c1-7-9-13(16-11(3)4)14(10-8-2)17(15)12(5)6/h7-8,11-14,16H,1-2,9-10,15H2,3-6H3. The summed E-state index contributed by atoms with van der Waals surface area (Å²) < 4.78 is 0. The molecule has 0 rings (SSSR count). The van der Waals surface area contributed by atoms with Gasteiger partial charge in [0.25, 0.3) is 0 Å². The molecule has 0 saturated carbocycles. The van der Waals surface area contributed by atoms with Crippen molar-refractivity contribution in [1.29, 1.82) is 0 Å². The molecule has 0 fully saturated rings. The third-order valence-electron chi connectivity index (χ3n) is 2.82. The minimum absolute atomic E-state index is 0.257. The number of rotatable bonds is 9. The fraction of sp³-hybridized carbons (Fsp3) is 0.714. The van der Waals surface area contributed by atoms with Gasteiger partial charge in [0.2, 0.25) is 0 Å². The van der Waals surface area contributed by atoms with E-state index in [1.54, 1.807) is 0 Å². The summed E-state index contributed by atoms with van der Waals surface area (Å²) in [4.78, 5) is 0. The summed E-state index contributed by atoms with van der Waals surface area (Å²) in [6.45, 7) is 16.2. The first-order valence-corrected chi connectivity index (χ1v) is 6.44. The maximum absolute atomic E-state index is 6.16. The molecule has 100 valence electrons. The number of nitrogens with one attached hydrogen (secondary N) is 1. The SMILES string of the molecule is C=CCC(NC(C)C)C(CC=C)N(N)C(C)C. The van der Waals surface area contributed by atoms with Crippen LogP contribution in [-0.4, -0.2) is 29.2 Å². The van der Waals surface area contributed by atoms with Crippen molar-refractivity contribution >= 4 is 0 Å². The maximum Gasteiger partial charge on any atom is 0.0434 e. The van der Waals surface area contributed by atoms with Gasteiger partial charge in [-0.25, -0.2) is 5.01 Å². The highest BCUT2D eigenvalue weighted by Gasteiger charge is 2.25. The minimum Gasteiger partial charge on any atom is -0.310 e. The lowest BCUT2D eigenvalue weighted by Gasteiger charge is -2.37. The van der Waals surface area contributed by atoms with Crippen LogP contribution in [0.15, 0.2) is 25.3 Å². The van der Waals surface area contributed by atoms with Crippen molar-refractivity contribution in [2.24, 2.45) is 5.84 Å². The van der Waals surface area contributed by atoms with E-state index in [1.807, 2.05) is 17.2 Å². The zero-order valence-electron chi connectivity index (χ0n) is 11.8. The van der Waals surface area contributed by atoms with E-state index in [1.165, 1.54) is 0 Å². The highest BCUT2D eigenvalue weighted by Crippen LogP contribution is 2.13. The Kier molecular flexibility index (Phi) is 8.13. The first-order valence-electron chi connectivity index (χ1n) is 6.44. The van der Waals surface area contributed by atoms with E-state index in [0.29, 0.717) is 18.1 Å². The van der Waals surface area contributed by atoms with Crippen molar-refractivity contribution in [2.75, 3.05) is 0 Å². The lowest BCUT2D eigenvalue weighted by atomic mass is 9.99. The van der Waals surface area contributed by atoms with Gasteiger partial charge in [0, 0.05) is 24.2 Å². The molecule has 2 atom stereocenters. The van der Waals surface area contributed by atoms with Crippen molar-refractivity contribution < 1.29 is 0 Å². The summed E-state index contributed by atoms with van der Waals surface area (Å²) in [5.74, 6) is 6.16. The predicted octanol–water partition coefficient (Wildman–Crippen LogP) is 2.46. The molecule has 0 aromatic rings. The van der Waals surface area contributed by atoms with Crippen LogP contribution in [0, 0.1) is 0 Å². The van der Waals surface area contributed by atoms with Crippen LogP contribution in [-0.2, 0) is 0 Å². The van der Waals surface area contributed by atoms with Crippen LogP contribution in [0.25, 0.3) is 0 Å². The van der Waals surface area contributed by atoms with E-state index < -0.39 is 0 Å². The van der Waals surface area contributed by atoms with Gasteiger partial charge in [-0.1, -0.05) is 26.0 Å². The first-order chi connectivity index (χ1) is 7.93. The molecular weight excluding hydrogens is 210 g/mol. The highest BCUT2D eigenvalue weighted by molar-refractivity contribution is 4.93. The second-order valence-electron chi connectivity index (χ2n) is 5.08. The minimum atomic E-state index is 0.257. The van der Waals surface area contributed by atoms with Crippen LogP contribution in [0.4, 0.5) is 0 Å². The average Bonchev–Trinajstić information content (AvgIpc) is 2.23. The molecule has 0 aromatic heterocycles. The molecule has 0 aromatic carbocycles. The van der Waals surface area contributed by atoms with Crippen LogP contribution in [0.2, 0.25) is 0 Å². The Hall–Kier alpha value is -0.640. The summed E-state index contributed by atoms with van der Waals surface area (Å²) >= 11 is 0. The van der Waals surface area contributed by atoms with E-state index in [-0.39, 0.29) is 6.04 Å². The zero-order valence-corrected chi connectivity index (χ0v) is 11.8. The van der Waals surface area contributed by atoms with Crippen molar-refractivity contribution in [3.05, 3.63) is 25.3 Å². The Bertz CT molecular complexity index is 224. The van der Waals surface area contributed by atoms with Gasteiger partial charge in [0.1, 0.15) is 0 Å². The number of hydrogen-bond acceptors (Lipinski definition) is 3. The molecule has 0 amide bonds. The highest BCUT2D eigenvalue weighted by atomic mass is 15.4. The summed E-state index contributed by atoms with van der Waals surface area (Å²) in [5.41, 5.74) is 0. The Labute approximate surface area is 107 Å². The lowest BCUT2D eigenvalue weighted by Crippen LogP contribution is -2.56. The quantitative estimate of drug-likeness (QED) is 0.369. The van der Waals surface area contributed by atoms with Crippen molar-refractivity contribution in [3.63, 3.8) is 0 Å². The summed E-state index contributed by atoms with van der Waals surface area (Å²) in [7, 11) is 0. The van der Waals surface area contributed by atoms with E-state index in [4.69, 9.17) is 5.84 Å². The van der Waals surface area contributed by atoms with Crippen LogP contribution in [0.3, 0.4) is 0 Å². The predicted molar refractivity (Wildman–Crippen MR) is 76.6 cm³/mol. The van der Waals surface area contributed by atoms with E-state index in [2.05, 4.69) is 46.2 Å². The number of nitrogens with zero attached hydrogens (tertiary/aromatic N) is 1. The summed E-state index contributed by atoms with van der Waals surface area (Å²) in [6.07, 6.45) is 5.68. The summed E-state index contributed by atoms with van der Waals surface area (Å²) in [5, 5.41) is 5.48. The molecule has 0 bridgehead atoms. The van der Waals surface area contributed by atoms with Crippen molar-refractivity contribution in [1.82, 2.24) is 10.3 Å². The van der Waals surface area contributed by atoms with E-state index in [9.17, 15) is 0 Å². The third-order valence-corrected chi connectivity index (χ3v) is 2.82. The van der Waals surface area contributed by atoms with E-state index in [0.717, 1.165) is 12.8 Å². The van der Waals surface area contributed by atoms with Crippen LogP contribution < -0.4 is 11.2 Å². The molecule has 3 nitrogen and oxygen atoms in total. The Morgan fingerprint density at radius 1 is 1.12 bits per heavy atom. The smallest absolute Gasteiger partial charge is 0.0434 e. The number of hydrogen-bond donors (Lipinski definition) is 2. The monoisotopic (exact) mass is 239 g/mol. The molecule has 3 heteroatoms. The van der Waals surface area contributed by atoms with Crippen LogP contribution in [0.5, 0.6) is 0 Å². The first kappa shape index (κ1) is 16.4. The fourth-order valence-corrected chi connectivity index (χ4v) is 1.99. The molecule has 0 saturated heterocycles. The van der Waals surface area contributed by atoms with Gasteiger partial charge in [0.05, 0.1) is 0 Å². The molecule has 0 spiro atoms. The maximum atomic E-state index is 6.16. The molecule has 3 N–H and O–H groups in total. The van der Waals surface area contributed by atoms with Gasteiger partial charge in [-0.15, -0.1) is 13.2 Å².